The Morgan fingerprint density at radius 2 is 1.98 bits per heavy atom. The number of nitrogens with zero attached hydrogens (tertiary/aromatic N) is 3. The molecule has 3 rings (SSSR count). The molecule has 3 unspecified atom stereocenters. The maximum atomic E-state index is 14.2. The van der Waals surface area contributed by atoms with Crippen LogP contribution in [0.1, 0.15) is 76.3 Å². The molecule has 3 atom stereocenters. The zero-order valence-electron chi connectivity index (χ0n) is 23.4. The summed E-state index contributed by atoms with van der Waals surface area (Å²) in [6.45, 7) is 9.45. The zero-order chi connectivity index (χ0) is 29.1. The van der Waals surface area contributed by atoms with Crippen molar-refractivity contribution in [2.45, 2.75) is 77.8 Å². The molecule has 8 heteroatoms. The van der Waals surface area contributed by atoms with Gasteiger partial charge >= 0.3 is 0 Å². The average Bonchev–Trinajstić information content (AvgIpc) is 3.35. The van der Waals surface area contributed by atoms with Crippen molar-refractivity contribution in [3.8, 4) is 6.19 Å². The maximum Gasteiger partial charge on any atom is 0.223 e. The van der Waals surface area contributed by atoms with Crippen molar-refractivity contribution in [1.29, 1.82) is 5.26 Å². The largest absolute Gasteiger partial charge is 0.336 e. The summed E-state index contributed by atoms with van der Waals surface area (Å²) in [5, 5.41) is 12.7. The summed E-state index contributed by atoms with van der Waals surface area (Å²) in [6.07, 6.45) is 8.78. The summed E-state index contributed by atoms with van der Waals surface area (Å²) in [5.74, 6) is -0.353. The number of amides is 1. The molecule has 5 nitrogen and oxygen atoms in total. The minimum Gasteiger partial charge on any atom is -0.336 e. The summed E-state index contributed by atoms with van der Waals surface area (Å²) in [5.41, 5.74) is 2.12. The highest BCUT2D eigenvalue weighted by Gasteiger charge is 2.33. The van der Waals surface area contributed by atoms with Gasteiger partial charge in [0.1, 0.15) is 17.5 Å². The molecule has 0 aromatic heterocycles. The van der Waals surface area contributed by atoms with Crippen LogP contribution in [-0.2, 0) is 11.3 Å². The normalized spacial score (nSPS) is 15.9. The van der Waals surface area contributed by atoms with E-state index < -0.39 is 11.6 Å². The van der Waals surface area contributed by atoms with Gasteiger partial charge in [-0.1, -0.05) is 75.9 Å². The molecule has 40 heavy (non-hydrogen) atoms. The van der Waals surface area contributed by atoms with E-state index in [0.717, 1.165) is 55.7 Å². The number of rotatable bonds is 14. The van der Waals surface area contributed by atoms with E-state index in [1.807, 2.05) is 35.4 Å². The molecular formula is C32H39ClF2N4O. The molecule has 1 fully saturated rings. The van der Waals surface area contributed by atoms with Crippen LogP contribution in [0.5, 0.6) is 0 Å². The number of carbonyl (C=O) groups is 1. The Balaban J connectivity index is 1.84. The molecule has 1 N–H and O–H groups in total. The quantitative estimate of drug-likeness (QED) is 0.0827. The van der Waals surface area contributed by atoms with Crippen molar-refractivity contribution in [3.63, 3.8) is 0 Å². The SMILES string of the molecule is C=C(c1ccc(Cl)cc1)C(CC(CCCCC)C(C)CC(=NCc1ccc(F)cc1F)NC#N)N1CCCC1=O. The molecule has 0 radical (unpaired) electrons. The van der Waals surface area contributed by atoms with E-state index in [-0.39, 0.29) is 35.9 Å². The lowest BCUT2D eigenvalue weighted by Crippen LogP contribution is -2.39. The van der Waals surface area contributed by atoms with Gasteiger partial charge in [0.15, 0.2) is 6.19 Å². The van der Waals surface area contributed by atoms with E-state index in [1.165, 1.54) is 12.1 Å². The van der Waals surface area contributed by atoms with Gasteiger partial charge < -0.3 is 4.90 Å². The number of halogens is 3. The number of likely N-dealkylation sites (tertiary alicyclic amines) is 1. The number of hydrogen-bond donors (Lipinski definition) is 1. The lowest BCUT2D eigenvalue weighted by molar-refractivity contribution is -0.129. The topological polar surface area (TPSA) is 68.5 Å². The summed E-state index contributed by atoms with van der Waals surface area (Å²) >= 11 is 6.13. The van der Waals surface area contributed by atoms with Gasteiger partial charge in [-0.2, -0.15) is 5.26 Å². The van der Waals surface area contributed by atoms with Gasteiger partial charge in [0.05, 0.1) is 12.6 Å². The highest BCUT2D eigenvalue weighted by Crippen LogP contribution is 2.35. The van der Waals surface area contributed by atoms with Gasteiger partial charge in [-0.15, -0.1) is 0 Å². The van der Waals surface area contributed by atoms with E-state index in [0.29, 0.717) is 30.2 Å². The van der Waals surface area contributed by atoms with Gasteiger partial charge in [-0.3, -0.25) is 15.1 Å². The third-order valence-corrected chi connectivity index (χ3v) is 8.04. The van der Waals surface area contributed by atoms with Gasteiger partial charge in [0, 0.05) is 36.0 Å². The third-order valence-electron chi connectivity index (χ3n) is 7.78. The molecule has 1 saturated heterocycles. The number of amidine groups is 1. The molecule has 0 saturated carbocycles. The predicted molar refractivity (Wildman–Crippen MR) is 157 cm³/mol. The lowest BCUT2D eigenvalue weighted by Gasteiger charge is -2.35. The standard InChI is InChI=1S/C32H39ClF2N4O/c1-4-5-6-8-25(22(2)17-31(38-21-36)37-20-26-12-15-28(34)19-29(26)35)18-30(39-16-7-9-32(39)40)23(3)24-10-13-27(33)14-11-24/h10-15,19,22,25,30H,3-9,16-18,20H2,1-2H3,(H,37,38). The first-order valence-corrected chi connectivity index (χ1v) is 14.5. The Hall–Kier alpha value is -3.24. The number of carbonyl (C=O) groups excluding carboxylic acids is 1. The Kier molecular flexibility index (Phi) is 12.1. The Bertz CT molecular complexity index is 1220. The predicted octanol–water partition coefficient (Wildman–Crippen LogP) is 7.90. The zero-order valence-corrected chi connectivity index (χ0v) is 24.2. The molecule has 1 heterocycles. The molecule has 1 aliphatic heterocycles. The fraction of sp³-hybridized carbons (Fsp3) is 0.469. The fourth-order valence-electron chi connectivity index (χ4n) is 5.41. The first-order chi connectivity index (χ1) is 19.2. The lowest BCUT2D eigenvalue weighted by atomic mass is 9.79. The van der Waals surface area contributed by atoms with Crippen molar-refractivity contribution in [1.82, 2.24) is 10.2 Å². The van der Waals surface area contributed by atoms with E-state index >= 15 is 0 Å². The second-order valence-electron chi connectivity index (χ2n) is 10.6. The number of benzene rings is 2. The Labute approximate surface area is 241 Å². The molecule has 0 aliphatic carbocycles. The summed E-state index contributed by atoms with van der Waals surface area (Å²) in [6, 6.07) is 10.8. The summed E-state index contributed by atoms with van der Waals surface area (Å²) in [4.78, 5) is 19.3. The Morgan fingerprint density at radius 1 is 1.23 bits per heavy atom. The number of hydrogen-bond acceptors (Lipinski definition) is 3. The number of nitrogens with one attached hydrogen (secondary N) is 1. The van der Waals surface area contributed by atoms with E-state index in [1.54, 1.807) is 0 Å². The molecular weight excluding hydrogens is 530 g/mol. The average molecular weight is 569 g/mol. The highest BCUT2D eigenvalue weighted by atomic mass is 35.5. The van der Waals surface area contributed by atoms with Crippen LogP contribution in [0.15, 0.2) is 54.0 Å². The first kappa shape index (κ1) is 31.3. The number of aliphatic imine (C=N–C) groups is 1. The first-order valence-electron chi connectivity index (χ1n) is 14.1. The Morgan fingerprint density at radius 3 is 2.60 bits per heavy atom. The second-order valence-corrected chi connectivity index (χ2v) is 11.1. The summed E-state index contributed by atoms with van der Waals surface area (Å²) in [7, 11) is 0. The minimum absolute atomic E-state index is 0.00161. The molecule has 1 aliphatic rings. The smallest absolute Gasteiger partial charge is 0.223 e. The van der Waals surface area contributed by atoms with Crippen molar-refractivity contribution in [3.05, 3.63) is 76.8 Å². The minimum atomic E-state index is -0.663. The molecule has 1 amide bonds. The van der Waals surface area contributed by atoms with Crippen molar-refractivity contribution in [2.75, 3.05) is 6.54 Å². The van der Waals surface area contributed by atoms with Crippen LogP contribution in [0.4, 0.5) is 8.78 Å². The van der Waals surface area contributed by atoms with Crippen LogP contribution >= 0.6 is 11.6 Å². The van der Waals surface area contributed by atoms with Crippen molar-refractivity contribution in [2.24, 2.45) is 16.8 Å². The van der Waals surface area contributed by atoms with Gasteiger partial charge in [-0.05, 0) is 54.0 Å². The van der Waals surface area contributed by atoms with Gasteiger partial charge in [0.25, 0.3) is 0 Å². The molecule has 0 spiro atoms. The van der Waals surface area contributed by atoms with Crippen LogP contribution in [-0.4, -0.2) is 29.2 Å². The van der Waals surface area contributed by atoms with Crippen molar-refractivity contribution < 1.29 is 13.6 Å². The number of unbranched alkanes of at least 4 members (excludes halogenated alkanes) is 2. The molecule has 2 aromatic carbocycles. The monoisotopic (exact) mass is 568 g/mol. The van der Waals surface area contributed by atoms with Crippen LogP contribution in [0, 0.1) is 34.9 Å². The highest BCUT2D eigenvalue weighted by molar-refractivity contribution is 6.30. The third kappa shape index (κ3) is 8.89. The summed E-state index contributed by atoms with van der Waals surface area (Å²) < 4.78 is 27.5. The maximum absolute atomic E-state index is 14.2. The van der Waals surface area contributed by atoms with Gasteiger partial charge in [0.2, 0.25) is 5.91 Å². The van der Waals surface area contributed by atoms with Crippen LogP contribution in [0.2, 0.25) is 5.02 Å². The fourth-order valence-corrected chi connectivity index (χ4v) is 5.54. The van der Waals surface area contributed by atoms with Crippen molar-refractivity contribution >= 4 is 28.9 Å². The van der Waals surface area contributed by atoms with Crippen LogP contribution in [0.25, 0.3) is 5.57 Å². The van der Waals surface area contributed by atoms with E-state index in [9.17, 15) is 18.8 Å². The van der Waals surface area contributed by atoms with Gasteiger partial charge in [-0.25, -0.2) is 8.78 Å². The molecule has 2 aromatic rings. The second kappa shape index (κ2) is 15.5. The molecule has 0 bridgehead atoms. The van der Waals surface area contributed by atoms with E-state index in [4.69, 9.17) is 11.6 Å². The molecule has 214 valence electrons. The van der Waals surface area contributed by atoms with Crippen LogP contribution in [0.3, 0.4) is 0 Å². The van der Waals surface area contributed by atoms with Crippen LogP contribution < -0.4 is 5.32 Å². The van der Waals surface area contributed by atoms with E-state index in [2.05, 4.69) is 30.7 Å². The number of nitriles is 1.